The third kappa shape index (κ3) is 0.843. The van der Waals surface area contributed by atoms with Gasteiger partial charge in [-0.15, -0.1) is 0 Å². The van der Waals surface area contributed by atoms with Crippen molar-refractivity contribution in [3.8, 4) is 0 Å². The lowest BCUT2D eigenvalue weighted by Crippen LogP contribution is -1.92. The van der Waals surface area contributed by atoms with Gasteiger partial charge in [0.25, 0.3) is 0 Å². The van der Waals surface area contributed by atoms with Crippen LogP contribution in [-0.4, -0.2) is 10.4 Å². The standard InChI is InChI=1S/C10H11NO/c1-7-9(8(2)12)6-11-5-3-4-10(7)11/h3-4,6H,5H2,1-2H3. The summed E-state index contributed by atoms with van der Waals surface area (Å²) in [6.07, 6.45) is 6.11. The molecule has 0 saturated heterocycles. The Balaban J connectivity index is 2.61. The van der Waals surface area contributed by atoms with Crippen molar-refractivity contribution in [2.24, 2.45) is 0 Å². The SMILES string of the molecule is CC(=O)c1cn2c(c1C)C=CC2. The summed E-state index contributed by atoms with van der Waals surface area (Å²) < 4.78 is 2.10. The van der Waals surface area contributed by atoms with Gasteiger partial charge in [-0.1, -0.05) is 6.08 Å². The van der Waals surface area contributed by atoms with Crippen LogP contribution in [0.25, 0.3) is 6.08 Å². The first kappa shape index (κ1) is 7.35. The number of carbonyl (C=O) groups excluding carboxylic acids is 1. The Kier molecular flexibility index (Phi) is 1.43. The molecule has 1 aromatic heterocycles. The van der Waals surface area contributed by atoms with E-state index in [9.17, 15) is 4.79 Å². The summed E-state index contributed by atoms with van der Waals surface area (Å²) in [6, 6.07) is 0. The molecule has 0 aliphatic carbocycles. The Morgan fingerprint density at radius 3 is 2.92 bits per heavy atom. The molecule has 0 bridgehead atoms. The van der Waals surface area contributed by atoms with Crippen molar-refractivity contribution in [2.45, 2.75) is 20.4 Å². The van der Waals surface area contributed by atoms with E-state index in [2.05, 4.69) is 16.7 Å². The number of carbonyl (C=O) groups is 1. The van der Waals surface area contributed by atoms with Gasteiger partial charge in [0.1, 0.15) is 0 Å². The summed E-state index contributed by atoms with van der Waals surface area (Å²) in [7, 11) is 0. The highest BCUT2D eigenvalue weighted by Crippen LogP contribution is 2.22. The lowest BCUT2D eigenvalue weighted by Gasteiger charge is -1.93. The maximum Gasteiger partial charge on any atom is 0.161 e. The third-order valence-electron chi connectivity index (χ3n) is 2.34. The molecule has 0 aromatic carbocycles. The van der Waals surface area contributed by atoms with E-state index in [-0.39, 0.29) is 5.78 Å². The van der Waals surface area contributed by atoms with Gasteiger partial charge in [0.2, 0.25) is 0 Å². The molecule has 2 heteroatoms. The number of fused-ring (bicyclic) bond motifs is 1. The summed E-state index contributed by atoms with van der Waals surface area (Å²) in [6.45, 7) is 4.52. The highest BCUT2D eigenvalue weighted by Gasteiger charge is 2.14. The van der Waals surface area contributed by atoms with E-state index in [0.717, 1.165) is 17.7 Å². The zero-order valence-electron chi connectivity index (χ0n) is 7.29. The van der Waals surface area contributed by atoms with Crippen molar-refractivity contribution in [1.29, 1.82) is 0 Å². The minimum Gasteiger partial charge on any atom is -0.343 e. The minimum absolute atomic E-state index is 0.155. The fraction of sp³-hybridized carbons (Fsp3) is 0.300. The van der Waals surface area contributed by atoms with Crippen molar-refractivity contribution in [3.05, 3.63) is 29.1 Å². The number of aromatic nitrogens is 1. The van der Waals surface area contributed by atoms with Crippen LogP contribution in [0.4, 0.5) is 0 Å². The number of ketones is 1. The normalized spacial score (nSPS) is 13.5. The topological polar surface area (TPSA) is 22.0 Å². The highest BCUT2D eigenvalue weighted by atomic mass is 16.1. The number of nitrogens with zero attached hydrogens (tertiary/aromatic N) is 1. The molecule has 0 fully saturated rings. The maximum absolute atomic E-state index is 11.1. The molecule has 0 amide bonds. The summed E-state index contributed by atoms with van der Waals surface area (Å²) in [5, 5.41) is 0. The van der Waals surface area contributed by atoms with E-state index in [4.69, 9.17) is 0 Å². The van der Waals surface area contributed by atoms with Crippen LogP contribution in [0.5, 0.6) is 0 Å². The zero-order chi connectivity index (χ0) is 8.72. The predicted octanol–water partition coefficient (Wildman–Crippen LogP) is 2.03. The molecule has 2 heterocycles. The number of Topliss-reactive ketones (excluding diaryl/α,β-unsaturated/α-hetero) is 1. The summed E-state index contributed by atoms with van der Waals surface area (Å²) >= 11 is 0. The average Bonchev–Trinajstić information content (AvgIpc) is 2.53. The fourth-order valence-corrected chi connectivity index (χ4v) is 1.68. The average molecular weight is 161 g/mol. The van der Waals surface area contributed by atoms with Gasteiger partial charge in [-0.2, -0.15) is 0 Å². The molecule has 1 aliphatic heterocycles. The van der Waals surface area contributed by atoms with Crippen LogP contribution in [0.1, 0.15) is 28.5 Å². The van der Waals surface area contributed by atoms with Crippen LogP contribution in [0.2, 0.25) is 0 Å². The molecule has 2 nitrogen and oxygen atoms in total. The molecule has 1 aromatic rings. The first-order valence-electron chi connectivity index (χ1n) is 4.07. The number of allylic oxidation sites excluding steroid dienone is 1. The van der Waals surface area contributed by atoms with Crippen LogP contribution in [0.15, 0.2) is 12.3 Å². The van der Waals surface area contributed by atoms with E-state index in [1.807, 2.05) is 13.1 Å². The Morgan fingerprint density at radius 1 is 1.58 bits per heavy atom. The van der Waals surface area contributed by atoms with E-state index in [1.165, 1.54) is 5.69 Å². The van der Waals surface area contributed by atoms with Gasteiger partial charge in [-0.3, -0.25) is 4.79 Å². The molecular weight excluding hydrogens is 150 g/mol. The number of rotatable bonds is 1. The monoisotopic (exact) mass is 161 g/mol. The van der Waals surface area contributed by atoms with E-state index < -0.39 is 0 Å². The predicted molar refractivity (Wildman–Crippen MR) is 48.2 cm³/mol. The van der Waals surface area contributed by atoms with Crippen molar-refractivity contribution in [1.82, 2.24) is 4.57 Å². The van der Waals surface area contributed by atoms with E-state index in [0.29, 0.717) is 0 Å². The Labute approximate surface area is 71.5 Å². The molecular formula is C10H11NO. The highest BCUT2D eigenvalue weighted by molar-refractivity contribution is 5.96. The van der Waals surface area contributed by atoms with Crippen LogP contribution in [0, 0.1) is 6.92 Å². The number of hydrogen-bond acceptors (Lipinski definition) is 1. The maximum atomic E-state index is 11.1. The first-order chi connectivity index (χ1) is 5.70. The van der Waals surface area contributed by atoms with Crippen molar-refractivity contribution in [2.75, 3.05) is 0 Å². The smallest absolute Gasteiger partial charge is 0.161 e. The number of hydrogen-bond donors (Lipinski definition) is 0. The van der Waals surface area contributed by atoms with Gasteiger partial charge < -0.3 is 4.57 Å². The zero-order valence-corrected chi connectivity index (χ0v) is 7.29. The van der Waals surface area contributed by atoms with Gasteiger partial charge in [0.05, 0.1) is 0 Å². The molecule has 2 rings (SSSR count). The van der Waals surface area contributed by atoms with Gasteiger partial charge in [0, 0.05) is 24.0 Å². The molecule has 0 spiro atoms. The Morgan fingerprint density at radius 2 is 2.33 bits per heavy atom. The largest absolute Gasteiger partial charge is 0.343 e. The van der Waals surface area contributed by atoms with E-state index in [1.54, 1.807) is 6.92 Å². The molecule has 0 atom stereocenters. The molecule has 0 unspecified atom stereocenters. The quantitative estimate of drug-likeness (QED) is 0.577. The van der Waals surface area contributed by atoms with Crippen LogP contribution < -0.4 is 0 Å². The lowest BCUT2D eigenvalue weighted by molar-refractivity contribution is 0.101. The van der Waals surface area contributed by atoms with Crippen LogP contribution in [-0.2, 0) is 6.54 Å². The second-order valence-electron chi connectivity index (χ2n) is 3.16. The second kappa shape index (κ2) is 2.34. The van der Waals surface area contributed by atoms with Crippen molar-refractivity contribution < 1.29 is 4.79 Å². The molecule has 12 heavy (non-hydrogen) atoms. The molecule has 62 valence electrons. The summed E-state index contributed by atoms with van der Waals surface area (Å²) in [5.41, 5.74) is 3.14. The first-order valence-corrected chi connectivity index (χ1v) is 4.07. The molecule has 1 aliphatic rings. The Hall–Kier alpha value is -1.31. The second-order valence-corrected chi connectivity index (χ2v) is 3.16. The molecule has 0 saturated carbocycles. The van der Waals surface area contributed by atoms with Crippen LogP contribution in [0.3, 0.4) is 0 Å². The van der Waals surface area contributed by atoms with Gasteiger partial charge in [-0.25, -0.2) is 0 Å². The molecule has 0 radical (unpaired) electrons. The summed E-state index contributed by atoms with van der Waals surface area (Å²) in [5.74, 6) is 0.155. The summed E-state index contributed by atoms with van der Waals surface area (Å²) in [4.78, 5) is 11.1. The Bertz CT molecular complexity index is 371. The fourth-order valence-electron chi connectivity index (χ4n) is 1.68. The van der Waals surface area contributed by atoms with Crippen LogP contribution >= 0.6 is 0 Å². The van der Waals surface area contributed by atoms with Crippen molar-refractivity contribution in [3.63, 3.8) is 0 Å². The van der Waals surface area contributed by atoms with Crippen molar-refractivity contribution >= 4 is 11.9 Å². The minimum atomic E-state index is 0.155. The van der Waals surface area contributed by atoms with Gasteiger partial charge in [-0.05, 0) is 25.5 Å². The van der Waals surface area contributed by atoms with Gasteiger partial charge in [0.15, 0.2) is 5.78 Å². The third-order valence-corrected chi connectivity index (χ3v) is 2.34. The van der Waals surface area contributed by atoms with E-state index >= 15 is 0 Å². The molecule has 0 N–H and O–H groups in total. The lowest BCUT2D eigenvalue weighted by atomic mass is 10.1. The van der Waals surface area contributed by atoms with Gasteiger partial charge >= 0.3 is 0 Å².